The lowest BCUT2D eigenvalue weighted by Gasteiger charge is -2.28. The van der Waals surface area contributed by atoms with Crippen LogP contribution in [0.15, 0.2) is 53.4 Å². The fourth-order valence-electron chi connectivity index (χ4n) is 4.49. The molecule has 204 valence electrons. The van der Waals surface area contributed by atoms with Gasteiger partial charge in [-0.3, -0.25) is 4.79 Å². The number of methoxy groups -OCH3 is 2. The molecule has 39 heavy (non-hydrogen) atoms. The van der Waals surface area contributed by atoms with Gasteiger partial charge in [0.25, 0.3) is 0 Å². The van der Waals surface area contributed by atoms with Gasteiger partial charge in [-0.15, -0.1) is 15.3 Å². The molecule has 1 aliphatic heterocycles. The highest BCUT2D eigenvalue weighted by Crippen LogP contribution is 2.33. The smallest absolute Gasteiger partial charge is 0.240 e. The zero-order valence-corrected chi connectivity index (χ0v) is 22.6. The van der Waals surface area contributed by atoms with Crippen LogP contribution in [-0.2, 0) is 21.2 Å². The molecule has 0 saturated heterocycles. The summed E-state index contributed by atoms with van der Waals surface area (Å²) in [5, 5.41) is 12.9. The number of hydrogen-bond donors (Lipinski definition) is 1. The Balaban J connectivity index is 1.27. The zero-order chi connectivity index (χ0) is 27.6. The molecule has 1 N–H and O–H groups in total. The Bertz CT molecular complexity index is 1640. The number of sulfonamides is 1. The van der Waals surface area contributed by atoms with E-state index in [1.807, 2.05) is 0 Å². The van der Waals surface area contributed by atoms with E-state index in [9.17, 15) is 13.2 Å². The predicted molar refractivity (Wildman–Crippen MR) is 143 cm³/mol. The van der Waals surface area contributed by atoms with Gasteiger partial charge < -0.3 is 19.1 Å². The first-order chi connectivity index (χ1) is 18.8. The molecule has 1 amide bonds. The minimum absolute atomic E-state index is 0.0252. The average Bonchev–Trinajstić information content (AvgIpc) is 3.37. The third kappa shape index (κ3) is 5.36. The summed E-state index contributed by atoms with van der Waals surface area (Å²) in [5.41, 5.74) is 2.74. The minimum Gasteiger partial charge on any atom is -0.497 e. The lowest BCUT2D eigenvalue weighted by Crippen LogP contribution is -2.34. The third-order valence-corrected chi connectivity index (χ3v) is 7.85. The maximum atomic E-state index is 12.9. The van der Waals surface area contributed by atoms with Crippen molar-refractivity contribution in [1.82, 2.24) is 24.5 Å². The molecule has 0 atom stereocenters. The first-order valence-corrected chi connectivity index (χ1v) is 13.8. The van der Waals surface area contributed by atoms with Crippen LogP contribution in [0, 0.1) is 0 Å². The maximum absolute atomic E-state index is 12.9. The van der Waals surface area contributed by atoms with Gasteiger partial charge in [0.2, 0.25) is 21.8 Å². The third-order valence-electron chi connectivity index (χ3n) is 6.39. The predicted octanol–water partition coefficient (Wildman–Crippen LogP) is 2.46. The molecule has 13 heteroatoms. The lowest BCUT2D eigenvalue weighted by atomic mass is 10.0. The second kappa shape index (κ2) is 10.9. The number of benzene rings is 2. The van der Waals surface area contributed by atoms with Gasteiger partial charge in [-0.05, 0) is 60.9 Å². The number of hydrogen-bond acceptors (Lipinski definition) is 9. The second-order valence-electron chi connectivity index (χ2n) is 8.84. The molecule has 1 aliphatic rings. The van der Waals surface area contributed by atoms with E-state index in [0.29, 0.717) is 41.5 Å². The minimum atomic E-state index is -3.77. The van der Waals surface area contributed by atoms with Crippen molar-refractivity contribution in [1.29, 1.82) is 0 Å². The summed E-state index contributed by atoms with van der Waals surface area (Å²) in [6.45, 7) is 2.21. The van der Waals surface area contributed by atoms with Crippen LogP contribution in [-0.4, -0.2) is 68.1 Å². The average molecular weight is 553 g/mol. The maximum Gasteiger partial charge on any atom is 0.240 e. The molecular formula is C26H28N6O6S. The SMILES string of the molecule is COc1ccc(OC)c(-c2nnc3ccc(OCCNS(=O)(=O)c4ccc5c(c4)CCCN5C(C)=O)nn23)c1. The molecule has 0 unspecified atom stereocenters. The summed E-state index contributed by atoms with van der Waals surface area (Å²) in [4.78, 5) is 13.7. The monoisotopic (exact) mass is 552 g/mol. The highest BCUT2D eigenvalue weighted by atomic mass is 32.2. The lowest BCUT2D eigenvalue weighted by molar-refractivity contribution is -0.116. The molecule has 0 aliphatic carbocycles. The van der Waals surface area contributed by atoms with Crippen molar-refractivity contribution in [3.05, 3.63) is 54.1 Å². The van der Waals surface area contributed by atoms with E-state index in [4.69, 9.17) is 14.2 Å². The van der Waals surface area contributed by atoms with Crippen LogP contribution in [0.3, 0.4) is 0 Å². The van der Waals surface area contributed by atoms with Gasteiger partial charge in [0.15, 0.2) is 11.5 Å². The summed E-state index contributed by atoms with van der Waals surface area (Å²) in [7, 11) is -0.646. The van der Waals surface area contributed by atoms with Crippen molar-refractivity contribution in [2.75, 3.05) is 38.8 Å². The Hall–Kier alpha value is -4.23. The molecule has 5 rings (SSSR count). The number of amides is 1. The van der Waals surface area contributed by atoms with E-state index in [-0.39, 0.29) is 29.8 Å². The molecule has 0 spiro atoms. The largest absolute Gasteiger partial charge is 0.497 e. The van der Waals surface area contributed by atoms with E-state index in [1.54, 1.807) is 61.6 Å². The molecule has 12 nitrogen and oxygen atoms in total. The standard InChI is InChI=1S/C26H28N6O6S/c1-17(33)31-13-4-5-18-15-20(7-8-22(18)31)39(34,35)27-12-14-38-25-11-10-24-28-29-26(32(24)30-25)21-16-19(36-2)6-9-23(21)37-3/h6-11,15-16,27H,4-5,12-14H2,1-3H3. The fourth-order valence-corrected chi connectivity index (χ4v) is 5.55. The Morgan fingerprint density at radius 1 is 1.05 bits per heavy atom. The van der Waals surface area contributed by atoms with E-state index in [1.165, 1.54) is 17.5 Å². The van der Waals surface area contributed by atoms with Crippen LogP contribution >= 0.6 is 0 Å². The van der Waals surface area contributed by atoms with Gasteiger partial charge >= 0.3 is 0 Å². The van der Waals surface area contributed by atoms with Gasteiger partial charge in [-0.25, -0.2) is 13.1 Å². The molecule has 0 saturated carbocycles. The number of nitrogens with one attached hydrogen (secondary N) is 1. The van der Waals surface area contributed by atoms with E-state index in [0.717, 1.165) is 17.7 Å². The molecule has 0 radical (unpaired) electrons. The van der Waals surface area contributed by atoms with E-state index >= 15 is 0 Å². The van der Waals surface area contributed by atoms with Gasteiger partial charge in [0.05, 0.1) is 24.7 Å². The van der Waals surface area contributed by atoms with E-state index in [2.05, 4.69) is 20.0 Å². The normalized spacial score (nSPS) is 13.3. The van der Waals surface area contributed by atoms with Crippen LogP contribution in [0.2, 0.25) is 0 Å². The number of aromatic nitrogens is 4. The van der Waals surface area contributed by atoms with Gasteiger partial charge in [0, 0.05) is 31.8 Å². The number of nitrogens with zero attached hydrogens (tertiary/aromatic N) is 5. The summed E-state index contributed by atoms with van der Waals surface area (Å²) >= 11 is 0. The van der Waals surface area contributed by atoms with Crippen LogP contribution in [0.25, 0.3) is 17.0 Å². The molecule has 2 aromatic heterocycles. The van der Waals surface area contributed by atoms with Crippen molar-refractivity contribution in [3.8, 4) is 28.8 Å². The van der Waals surface area contributed by atoms with Crippen molar-refractivity contribution < 1.29 is 27.4 Å². The van der Waals surface area contributed by atoms with Crippen LogP contribution in [0.1, 0.15) is 18.9 Å². The van der Waals surface area contributed by atoms with Crippen molar-refractivity contribution >= 4 is 27.3 Å². The number of aryl methyl sites for hydroxylation is 1. The summed E-state index contributed by atoms with van der Waals surface area (Å²) in [6.07, 6.45) is 1.50. The van der Waals surface area contributed by atoms with Crippen molar-refractivity contribution in [2.24, 2.45) is 0 Å². The molecule has 0 fully saturated rings. The number of carbonyl (C=O) groups is 1. The van der Waals surface area contributed by atoms with Crippen molar-refractivity contribution in [2.45, 2.75) is 24.7 Å². The molecule has 4 aromatic rings. The Morgan fingerprint density at radius 2 is 1.90 bits per heavy atom. The van der Waals surface area contributed by atoms with Crippen LogP contribution in [0.5, 0.6) is 17.4 Å². The van der Waals surface area contributed by atoms with E-state index < -0.39 is 10.0 Å². The Morgan fingerprint density at radius 3 is 2.67 bits per heavy atom. The zero-order valence-electron chi connectivity index (χ0n) is 21.7. The van der Waals surface area contributed by atoms with Gasteiger partial charge in [-0.2, -0.15) is 4.52 Å². The number of fused-ring (bicyclic) bond motifs is 2. The summed E-state index contributed by atoms with van der Waals surface area (Å²) in [5.74, 6) is 1.83. The topological polar surface area (TPSA) is 137 Å². The highest BCUT2D eigenvalue weighted by Gasteiger charge is 2.23. The second-order valence-corrected chi connectivity index (χ2v) is 10.6. The molecular weight excluding hydrogens is 524 g/mol. The number of ether oxygens (including phenoxy) is 3. The summed E-state index contributed by atoms with van der Waals surface area (Å²) < 4.78 is 46.4. The van der Waals surface area contributed by atoms with Gasteiger partial charge in [0.1, 0.15) is 18.1 Å². The highest BCUT2D eigenvalue weighted by molar-refractivity contribution is 7.89. The first-order valence-electron chi connectivity index (χ1n) is 12.3. The molecule has 3 heterocycles. The number of carbonyl (C=O) groups excluding carboxylic acids is 1. The van der Waals surface area contributed by atoms with Crippen LogP contribution in [0.4, 0.5) is 5.69 Å². The van der Waals surface area contributed by atoms with Gasteiger partial charge in [-0.1, -0.05) is 0 Å². The summed E-state index contributed by atoms with van der Waals surface area (Å²) in [6, 6.07) is 13.5. The quantitative estimate of drug-likeness (QED) is 0.310. The fraction of sp³-hybridized carbons (Fsp3) is 0.308. The van der Waals surface area contributed by atoms with Crippen molar-refractivity contribution in [3.63, 3.8) is 0 Å². The number of anilines is 1. The molecule has 2 aromatic carbocycles. The Kier molecular flexibility index (Phi) is 7.35. The molecule has 0 bridgehead atoms. The van der Waals surface area contributed by atoms with Crippen LogP contribution < -0.4 is 23.8 Å². The first kappa shape index (κ1) is 26.4. The number of rotatable bonds is 9. The Labute approximate surface area is 225 Å².